The molecule has 0 spiro atoms. The van der Waals surface area contributed by atoms with E-state index >= 15 is 0 Å². The van der Waals surface area contributed by atoms with Crippen LogP contribution in [0.2, 0.25) is 0 Å². The molecule has 1 fully saturated rings. The van der Waals surface area contributed by atoms with Crippen molar-refractivity contribution < 1.29 is 17.9 Å². The number of hydrogen-bond donors (Lipinski definition) is 1. The molecule has 3 rings (SSSR count). The maximum absolute atomic E-state index is 12.8. The van der Waals surface area contributed by atoms with Crippen molar-refractivity contribution in [3.8, 4) is 5.75 Å². The monoisotopic (exact) mass is 428 g/mol. The zero-order chi connectivity index (χ0) is 21.4. The molecule has 2 aromatic carbocycles. The van der Waals surface area contributed by atoms with Crippen molar-refractivity contribution in [2.24, 2.45) is 0 Å². The highest BCUT2D eigenvalue weighted by Crippen LogP contribution is 2.22. The summed E-state index contributed by atoms with van der Waals surface area (Å²) in [6.45, 7) is 3.58. The first-order chi connectivity index (χ1) is 14.5. The molecule has 30 heavy (non-hydrogen) atoms. The molecule has 1 N–H and O–H groups in total. The Hall–Kier alpha value is -2.64. The van der Waals surface area contributed by atoms with E-state index in [2.05, 4.69) is 5.32 Å². The Morgan fingerprint density at radius 3 is 2.37 bits per heavy atom. The Morgan fingerprint density at radius 1 is 1.03 bits per heavy atom. The molecule has 0 unspecified atom stereocenters. The van der Waals surface area contributed by atoms with Gasteiger partial charge in [0, 0.05) is 30.4 Å². The van der Waals surface area contributed by atoms with Crippen molar-refractivity contribution in [1.82, 2.24) is 4.31 Å². The van der Waals surface area contributed by atoms with Crippen molar-refractivity contribution in [3.63, 3.8) is 0 Å². The van der Waals surface area contributed by atoms with Gasteiger partial charge in [-0.15, -0.1) is 0 Å². The SMILES string of the molecule is CCOc1ccccc1/C=C/C(=O)Nc1ccc(S(=O)(=O)N2CCCCCC2)cc1. The third-order valence-corrected chi connectivity index (χ3v) is 6.87. The second-order valence-corrected chi connectivity index (χ2v) is 9.07. The Labute approximate surface area is 178 Å². The Balaban J connectivity index is 1.65. The summed E-state index contributed by atoms with van der Waals surface area (Å²) in [5.74, 6) is 0.413. The molecule has 0 bridgehead atoms. The lowest BCUT2D eigenvalue weighted by Crippen LogP contribution is -2.31. The molecule has 160 valence electrons. The summed E-state index contributed by atoms with van der Waals surface area (Å²) >= 11 is 0. The zero-order valence-electron chi connectivity index (χ0n) is 17.2. The summed E-state index contributed by atoms with van der Waals surface area (Å²) in [7, 11) is -3.49. The molecule has 1 heterocycles. The van der Waals surface area contributed by atoms with E-state index in [-0.39, 0.29) is 10.8 Å². The number of nitrogens with one attached hydrogen (secondary N) is 1. The number of nitrogens with zero attached hydrogens (tertiary/aromatic N) is 1. The van der Waals surface area contributed by atoms with Gasteiger partial charge in [0.1, 0.15) is 5.75 Å². The van der Waals surface area contributed by atoms with E-state index in [9.17, 15) is 13.2 Å². The number of hydrogen-bond acceptors (Lipinski definition) is 4. The molecule has 0 atom stereocenters. The number of para-hydroxylation sites is 1. The molecule has 6 nitrogen and oxygen atoms in total. The van der Waals surface area contributed by atoms with Gasteiger partial charge in [-0.25, -0.2) is 8.42 Å². The molecule has 1 aliphatic rings. The number of rotatable bonds is 7. The first-order valence-corrected chi connectivity index (χ1v) is 11.8. The number of sulfonamides is 1. The second kappa shape index (κ2) is 10.4. The third-order valence-electron chi connectivity index (χ3n) is 4.96. The van der Waals surface area contributed by atoms with Crippen molar-refractivity contribution in [1.29, 1.82) is 0 Å². The minimum Gasteiger partial charge on any atom is -0.493 e. The summed E-state index contributed by atoms with van der Waals surface area (Å²) in [4.78, 5) is 12.5. The van der Waals surface area contributed by atoms with E-state index in [0.717, 1.165) is 31.2 Å². The highest BCUT2D eigenvalue weighted by atomic mass is 32.2. The second-order valence-electron chi connectivity index (χ2n) is 7.14. The van der Waals surface area contributed by atoms with Gasteiger partial charge in [-0.05, 0) is 56.2 Å². The van der Waals surface area contributed by atoms with Crippen LogP contribution in [0.4, 0.5) is 5.69 Å². The first-order valence-electron chi connectivity index (χ1n) is 10.3. The predicted molar refractivity (Wildman–Crippen MR) is 119 cm³/mol. The Morgan fingerprint density at radius 2 is 1.70 bits per heavy atom. The smallest absolute Gasteiger partial charge is 0.248 e. The summed E-state index contributed by atoms with van der Waals surface area (Å²) in [6, 6.07) is 13.8. The van der Waals surface area contributed by atoms with Gasteiger partial charge in [0.2, 0.25) is 15.9 Å². The fraction of sp³-hybridized carbons (Fsp3) is 0.348. The highest BCUT2D eigenvalue weighted by Gasteiger charge is 2.24. The quantitative estimate of drug-likeness (QED) is 0.667. The number of carbonyl (C=O) groups is 1. The van der Waals surface area contributed by atoms with Crippen molar-refractivity contribution >= 4 is 27.7 Å². The minimum atomic E-state index is -3.49. The predicted octanol–water partition coefficient (Wildman–Crippen LogP) is 4.30. The summed E-state index contributed by atoms with van der Waals surface area (Å²) in [5.41, 5.74) is 1.35. The van der Waals surface area contributed by atoms with E-state index in [0.29, 0.717) is 31.1 Å². The molecule has 1 amide bonds. The van der Waals surface area contributed by atoms with Crippen LogP contribution in [0.25, 0.3) is 6.08 Å². The number of anilines is 1. The van der Waals surface area contributed by atoms with Crippen LogP contribution in [0.1, 0.15) is 38.2 Å². The van der Waals surface area contributed by atoms with Crippen molar-refractivity contribution in [3.05, 3.63) is 60.2 Å². The molecule has 2 aromatic rings. The average Bonchev–Trinajstić information content (AvgIpc) is 3.04. The van der Waals surface area contributed by atoms with Gasteiger partial charge in [0.05, 0.1) is 11.5 Å². The van der Waals surface area contributed by atoms with Crippen LogP contribution in [-0.4, -0.2) is 38.3 Å². The molecular weight excluding hydrogens is 400 g/mol. The van der Waals surface area contributed by atoms with Crippen molar-refractivity contribution in [2.75, 3.05) is 25.0 Å². The number of benzene rings is 2. The standard InChI is InChI=1S/C23H28N2O4S/c1-2-29-22-10-6-5-9-19(22)11-16-23(26)24-20-12-14-21(15-13-20)30(27,28)25-17-7-3-4-8-18-25/h5-6,9-16H,2-4,7-8,17-18H2,1H3,(H,24,26)/b16-11+. The Bertz CT molecular complexity index is 977. The van der Waals surface area contributed by atoms with Gasteiger partial charge in [0.15, 0.2) is 0 Å². The lowest BCUT2D eigenvalue weighted by molar-refractivity contribution is -0.111. The number of ether oxygens (including phenoxy) is 1. The first kappa shape index (κ1) is 22.1. The fourth-order valence-corrected chi connectivity index (χ4v) is 4.91. The van der Waals surface area contributed by atoms with Crippen LogP contribution >= 0.6 is 0 Å². The molecule has 0 aromatic heterocycles. The van der Waals surface area contributed by atoms with E-state index in [1.54, 1.807) is 34.6 Å². The number of carbonyl (C=O) groups excluding carboxylic acids is 1. The van der Waals surface area contributed by atoms with Gasteiger partial charge in [-0.2, -0.15) is 4.31 Å². The van der Waals surface area contributed by atoms with Gasteiger partial charge < -0.3 is 10.1 Å². The van der Waals surface area contributed by atoms with Crippen LogP contribution in [0.3, 0.4) is 0 Å². The van der Waals surface area contributed by atoms with Gasteiger partial charge in [-0.1, -0.05) is 31.0 Å². The topological polar surface area (TPSA) is 75.7 Å². The summed E-state index contributed by atoms with van der Waals surface area (Å²) in [6.07, 6.45) is 7.05. The molecule has 0 saturated carbocycles. The minimum absolute atomic E-state index is 0.253. The number of amides is 1. The van der Waals surface area contributed by atoms with Gasteiger partial charge in [-0.3, -0.25) is 4.79 Å². The van der Waals surface area contributed by atoms with Crippen molar-refractivity contribution in [2.45, 2.75) is 37.5 Å². The molecule has 0 aliphatic carbocycles. The average molecular weight is 429 g/mol. The van der Waals surface area contributed by atoms with E-state index in [1.807, 2.05) is 31.2 Å². The summed E-state index contributed by atoms with van der Waals surface area (Å²) < 4.78 is 32.8. The molecule has 7 heteroatoms. The van der Waals surface area contributed by atoms with Crippen LogP contribution in [0.5, 0.6) is 5.75 Å². The van der Waals surface area contributed by atoms with E-state index in [4.69, 9.17) is 4.74 Å². The van der Waals surface area contributed by atoms with E-state index in [1.165, 1.54) is 6.08 Å². The van der Waals surface area contributed by atoms with Gasteiger partial charge in [0.25, 0.3) is 0 Å². The molecule has 0 radical (unpaired) electrons. The van der Waals surface area contributed by atoms with Gasteiger partial charge >= 0.3 is 0 Å². The lowest BCUT2D eigenvalue weighted by atomic mass is 10.2. The molecule has 1 saturated heterocycles. The van der Waals surface area contributed by atoms with E-state index < -0.39 is 10.0 Å². The lowest BCUT2D eigenvalue weighted by Gasteiger charge is -2.20. The fourth-order valence-electron chi connectivity index (χ4n) is 3.40. The summed E-state index contributed by atoms with van der Waals surface area (Å²) in [5, 5.41) is 2.76. The highest BCUT2D eigenvalue weighted by molar-refractivity contribution is 7.89. The largest absolute Gasteiger partial charge is 0.493 e. The van der Waals surface area contributed by atoms with Crippen LogP contribution in [0, 0.1) is 0 Å². The zero-order valence-corrected chi connectivity index (χ0v) is 18.0. The maximum atomic E-state index is 12.8. The maximum Gasteiger partial charge on any atom is 0.248 e. The van der Waals surface area contributed by atoms with Crippen LogP contribution in [0.15, 0.2) is 59.5 Å². The van der Waals surface area contributed by atoms with Crippen LogP contribution in [-0.2, 0) is 14.8 Å². The van der Waals surface area contributed by atoms with Crippen LogP contribution < -0.4 is 10.1 Å². The third kappa shape index (κ3) is 5.70. The molecular formula is C23H28N2O4S. The normalized spacial score (nSPS) is 15.6. The molecule has 1 aliphatic heterocycles. The Kier molecular flexibility index (Phi) is 7.65.